The van der Waals surface area contributed by atoms with Crippen LogP contribution in [0.25, 0.3) is 0 Å². The maximum Gasteiger partial charge on any atom is 0.257 e. The van der Waals surface area contributed by atoms with Gasteiger partial charge in [-0.2, -0.15) is 4.31 Å². The van der Waals surface area contributed by atoms with Crippen LogP contribution in [0.5, 0.6) is 5.75 Å². The summed E-state index contributed by atoms with van der Waals surface area (Å²) in [6.07, 6.45) is 2.07. The number of hydrogen-bond acceptors (Lipinski definition) is 6. The minimum Gasteiger partial charge on any atom is -0.484 e. The Morgan fingerprint density at radius 3 is 2.50 bits per heavy atom. The van der Waals surface area contributed by atoms with Crippen LogP contribution in [0.3, 0.4) is 0 Å². The number of hydrogen-bond donors (Lipinski definition) is 1. The normalized spacial score (nSPS) is 15.0. The largest absolute Gasteiger partial charge is 0.484 e. The summed E-state index contributed by atoms with van der Waals surface area (Å²) in [5.41, 5.74) is 0. The molecule has 1 aromatic carbocycles. The fourth-order valence-corrected chi connectivity index (χ4v) is 4.69. The van der Waals surface area contributed by atoms with Crippen LogP contribution in [-0.4, -0.2) is 68.7 Å². The third-order valence-corrected chi connectivity index (χ3v) is 6.90. The molecule has 0 radical (unpaired) electrons. The van der Waals surface area contributed by atoms with Crippen LogP contribution >= 0.6 is 11.6 Å². The molecule has 1 saturated heterocycles. The van der Waals surface area contributed by atoms with Crippen LogP contribution < -0.4 is 15.0 Å². The molecule has 1 amide bonds. The number of piperazine rings is 1. The Labute approximate surface area is 181 Å². The second-order valence-corrected chi connectivity index (χ2v) is 9.36. The summed E-state index contributed by atoms with van der Waals surface area (Å²) >= 11 is 5.79. The number of rotatable bonds is 9. The third kappa shape index (κ3) is 6.58. The molecule has 8 nitrogen and oxygen atoms in total. The van der Waals surface area contributed by atoms with Crippen LogP contribution in [0.15, 0.2) is 48.7 Å². The lowest BCUT2D eigenvalue weighted by Gasteiger charge is -2.34. The van der Waals surface area contributed by atoms with Crippen molar-refractivity contribution in [2.75, 3.05) is 50.0 Å². The van der Waals surface area contributed by atoms with Gasteiger partial charge in [-0.3, -0.25) is 4.79 Å². The molecule has 1 aliphatic heterocycles. The van der Waals surface area contributed by atoms with Gasteiger partial charge in [0.15, 0.2) is 6.61 Å². The summed E-state index contributed by atoms with van der Waals surface area (Å²) < 4.78 is 32.0. The number of nitrogens with zero attached hydrogens (tertiary/aromatic N) is 3. The molecule has 1 fully saturated rings. The van der Waals surface area contributed by atoms with E-state index in [9.17, 15) is 13.2 Å². The van der Waals surface area contributed by atoms with Gasteiger partial charge in [0.25, 0.3) is 5.91 Å². The number of carbonyl (C=O) groups excluding carboxylic acids is 1. The van der Waals surface area contributed by atoms with Gasteiger partial charge in [0.05, 0.1) is 5.75 Å². The molecular weight excluding hydrogens is 428 g/mol. The van der Waals surface area contributed by atoms with Gasteiger partial charge in [-0.25, -0.2) is 13.4 Å². The summed E-state index contributed by atoms with van der Waals surface area (Å²) in [5.74, 6) is 1.10. The monoisotopic (exact) mass is 452 g/mol. The van der Waals surface area contributed by atoms with E-state index >= 15 is 0 Å². The number of carbonyl (C=O) groups is 1. The molecule has 1 aromatic heterocycles. The van der Waals surface area contributed by atoms with Crippen molar-refractivity contribution >= 4 is 33.3 Å². The van der Waals surface area contributed by atoms with Gasteiger partial charge in [-0.15, -0.1) is 0 Å². The molecular formula is C20H25ClN4O4S. The minimum atomic E-state index is -3.36. The Balaban J connectivity index is 1.34. The Kier molecular flexibility index (Phi) is 7.89. The van der Waals surface area contributed by atoms with Gasteiger partial charge >= 0.3 is 0 Å². The van der Waals surface area contributed by atoms with Crippen molar-refractivity contribution in [3.05, 3.63) is 53.7 Å². The number of aromatic nitrogens is 1. The van der Waals surface area contributed by atoms with E-state index in [1.54, 1.807) is 30.5 Å². The number of anilines is 1. The van der Waals surface area contributed by atoms with E-state index in [4.69, 9.17) is 16.3 Å². The highest BCUT2D eigenvalue weighted by molar-refractivity contribution is 7.89. The number of halogens is 1. The first kappa shape index (κ1) is 22.3. The second-order valence-electron chi connectivity index (χ2n) is 6.84. The van der Waals surface area contributed by atoms with Crippen molar-refractivity contribution in [1.82, 2.24) is 14.6 Å². The molecule has 2 heterocycles. The van der Waals surface area contributed by atoms with Crippen molar-refractivity contribution < 1.29 is 17.9 Å². The molecule has 0 bridgehead atoms. The number of amides is 1. The predicted molar refractivity (Wildman–Crippen MR) is 116 cm³/mol. The Bertz CT molecular complexity index is 918. The second kappa shape index (κ2) is 10.6. The maximum absolute atomic E-state index is 12.6. The fourth-order valence-electron chi connectivity index (χ4n) is 3.08. The number of pyridine rings is 1. The van der Waals surface area contributed by atoms with E-state index < -0.39 is 10.0 Å². The molecule has 1 N–H and O–H groups in total. The lowest BCUT2D eigenvalue weighted by molar-refractivity contribution is -0.123. The number of ether oxygens (including phenoxy) is 1. The maximum atomic E-state index is 12.6. The number of benzene rings is 1. The number of sulfonamides is 1. The molecule has 0 atom stereocenters. The van der Waals surface area contributed by atoms with Crippen LogP contribution in [0.4, 0.5) is 5.82 Å². The van der Waals surface area contributed by atoms with Gasteiger partial charge in [-0.05, 0) is 42.8 Å². The van der Waals surface area contributed by atoms with Gasteiger partial charge in [-0.1, -0.05) is 17.7 Å². The Morgan fingerprint density at radius 2 is 1.83 bits per heavy atom. The van der Waals surface area contributed by atoms with E-state index in [1.807, 2.05) is 18.2 Å². The molecule has 3 rings (SSSR count). The summed E-state index contributed by atoms with van der Waals surface area (Å²) in [6, 6.07) is 12.4. The molecule has 0 unspecified atom stereocenters. The van der Waals surface area contributed by atoms with Gasteiger partial charge in [0.1, 0.15) is 11.6 Å². The fraction of sp³-hybridized carbons (Fsp3) is 0.400. The first-order valence-electron chi connectivity index (χ1n) is 9.73. The van der Waals surface area contributed by atoms with E-state index in [2.05, 4.69) is 15.2 Å². The van der Waals surface area contributed by atoms with Crippen LogP contribution in [0.2, 0.25) is 5.02 Å². The Morgan fingerprint density at radius 1 is 1.10 bits per heavy atom. The lowest BCUT2D eigenvalue weighted by atomic mass is 10.3. The summed E-state index contributed by atoms with van der Waals surface area (Å²) in [7, 11) is -3.36. The smallest absolute Gasteiger partial charge is 0.257 e. The highest BCUT2D eigenvalue weighted by Gasteiger charge is 2.26. The highest BCUT2D eigenvalue weighted by atomic mass is 35.5. The average molecular weight is 453 g/mol. The average Bonchev–Trinajstić information content (AvgIpc) is 2.77. The van der Waals surface area contributed by atoms with Gasteiger partial charge in [0, 0.05) is 43.9 Å². The third-order valence-electron chi connectivity index (χ3n) is 4.69. The lowest BCUT2D eigenvalue weighted by Crippen LogP contribution is -2.49. The molecule has 30 heavy (non-hydrogen) atoms. The molecule has 0 saturated carbocycles. The first-order valence-corrected chi connectivity index (χ1v) is 11.7. The van der Waals surface area contributed by atoms with Crippen LogP contribution in [0.1, 0.15) is 6.42 Å². The minimum absolute atomic E-state index is 0.00505. The van der Waals surface area contributed by atoms with Crippen molar-refractivity contribution in [1.29, 1.82) is 0 Å². The molecule has 0 spiro atoms. The summed E-state index contributed by atoms with van der Waals surface area (Å²) in [4.78, 5) is 18.2. The molecule has 162 valence electrons. The van der Waals surface area contributed by atoms with Crippen molar-refractivity contribution in [2.45, 2.75) is 6.42 Å². The van der Waals surface area contributed by atoms with E-state index in [0.29, 0.717) is 43.4 Å². The van der Waals surface area contributed by atoms with Crippen LogP contribution in [-0.2, 0) is 14.8 Å². The topological polar surface area (TPSA) is 91.8 Å². The molecule has 10 heteroatoms. The molecule has 1 aliphatic rings. The van der Waals surface area contributed by atoms with Crippen molar-refractivity contribution in [3.8, 4) is 5.75 Å². The van der Waals surface area contributed by atoms with Gasteiger partial charge in [0.2, 0.25) is 10.0 Å². The summed E-state index contributed by atoms with van der Waals surface area (Å²) in [6.45, 7) is 2.21. The zero-order chi connectivity index (χ0) is 21.4. The SMILES string of the molecule is O=C(COc1ccc(Cl)cc1)NCCCS(=O)(=O)N1CCN(c2ccccn2)CC1. The quantitative estimate of drug-likeness (QED) is 0.583. The highest BCUT2D eigenvalue weighted by Crippen LogP contribution is 2.16. The van der Waals surface area contributed by atoms with E-state index in [1.165, 1.54) is 4.31 Å². The van der Waals surface area contributed by atoms with E-state index in [-0.39, 0.29) is 24.8 Å². The van der Waals surface area contributed by atoms with Crippen LogP contribution in [0, 0.1) is 0 Å². The molecule has 0 aliphatic carbocycles. The Hall–Kier alpha value is -2.36. The number of nitrogens with one attached hydrogen (secondary N) is 1. The van der Waals surface area contributed by atoms with Crippen molar-refractivity contribution in [3.63, 3.8) is 0 Å². The van der Waals surface area contributed by atoms with E-state index in [0.717, 1.165) is 5.82 Å². The zero-order valence-electron chi connectivity index (χ0n) is 16.5. The first-order chi connectivity index (χ1) is 14.4. The van der Waals surface area contributed by atoms with Crippen molar-refractivity contribution in [2.24, 2.45) is 0 Å². The van der Waals surface area contributed by atoms with Gasteiger partial charge < -0.3 is 15.0 Å². The summed E-state index contributed by atoms with van der Waals surface area (Å²) in [5, 5.41) is 3.27. The molecule has 2 aromatic rings. The predicted octanol–water partition coefficient (Wildman–Crippen LogP) is 1.77. The zero-order valence-corrected chi connectivity index (χ0v) is 18.1. The standard InChI is InChI=1S/C20H25ClN4O4S/c21-17-5-7-18(8-6-17)29-16-20(26)23-10-3-15-30(27,28)25-13-11-24(12-14-25)19-4-1-2-9-22-19/h1-2,4-9H,3,10-16H2,(H,23,26).